The van der Waals surface area contributed by atoms with Crippen molar-refractivity contribution in [2.75, 3.05) is 0 Å². The predicted octanol–water partition coefficient (Wildman–Crippen LogP) is 4.92. The second-order valence-corrected chi connectivity index (χ2v) is 4.37. The molecule has 0 aliphatic carbocycles. The lowest BCUT2D eigenvalue weighted by atomic mass is 10.1. The summed E-state index contributed by atoms with van der Waals surface area (Å²) in [5.74, 6) is 5.69. The van der Waals surface area contributed by atoms with Crippen LogP contribution in [0.4, 0.5) is 13.2 Å². The number of hydrogen-bond acceptors (Lipinski definition) is 1. The molecular weight excluding hydrogens is 291 g/mol. The maximum atomic E-state index is 12.5. The smallest absolute Gasteiger partial charge is 0.166 e. The number of alkyl halides is 3. The molecule has 0 radical (unpaired) electrons. The van der Waals surface area contributed by atoms with Crippen LogP contribution < -0.4 is 0 Å². The molecule has 22 heavy (non-hydrogen) atoms. The summed E-state index contributed by atoms with van der Waals surface area (Å²) < 4.78 is 37.4. The summed E-state index contributed by atoms with van der Waals surface area (Å²) >= 11 is 0. The van der Waals surface area contributed by atoms with Crippen LogP contribution in [0.3, 0.4) is 0 Å². The predicted molar refractivity (Wildman–Crippen MR) is 76.7 cm³/mol. The first kappa shape index (κ1) is 15.5. The molecule has 0 aromatic heterocycles. The number of halogens is 3. The fourth-order valence-electron chi connectivity index (χ4n) is 1.77. The van der Waals surface area contributed by atoms with Crippen LogP contribution in [0, 0.1) is 11.8 Å². The zero-order valence-corrected chi connectivity index (χ0v) is 11.3. The minimum absolute atomic E-state index is 0.175. The topological polar surface area (TPSA) is 48.8 Å². The molecule has 2 aromatic carbocycles. The zero-order chi connectivity index (χ0) is 16.0. The van der Waals surface area contributed by atoms with E-state index >= 15 is 0 Å². The number of nitrogens with zero attached hydrogens (tertiary/aromatic N) is 3. The monoisotopic (exact) mass is 301 g/mol. The molecular formula is C16H10F3N3. The third-order valence-corrected chi connectivity index (χ3v) is 2.88. The lowest BCUT2D eigenvalue weighted by molar-refractivity contribution is -0.137. The molecule has 0 atom stereocenters. The third-order valence-electron chi connectivity index (χ3n) is 2.88. The van der Waals surface area contributed by atoms with Crippen LogP contribution in [-0.2, 0) is 12.7 Å². The van der Waals surface area contributed by atoms with E-state index in [-0.39, 0.29) is 6.54 Å². The van der Waals surface area contributed by atoms with E-state index < -0.39 is 11.7 Å². The van der Waals surface area contributed by atoms with Crippen LogP contribution in [-0.4, -0.2) is 0 Å². The van der Waals surface area contributed by atoms with Crippen LogP contribution >= 0.6 is 0 Å². The fraction of sp³-hybridized carbons (Fsp3) is 0.125. The summed E-state index contributed by atoms with van der Waals surface area (Å²) in [5, 5.41) is 3.48. The van der Waals surface area contributed by atoms with E-state index in [1.54, 1.807) is 24.3 Å². The molecule has 0 aliphatic heterocycles. The van der Waals surface area contributed by atoms with Gasteiger partial charge >= 0.3 is 6.18 Å². The van der Waals surface area contributed by atoms with Gasteiger partial charge in [-0.2, -0.15) is 13.2 Å². The molecule has 0 N–H and O–H groups in total. The van der Waals surface area contributed by atoms with Gasteiger partial charge < -0.3 is 0 Å². The summed E-state index contributed by atoms with van der Waals surface area (Å²) in [5.41, 5.74) is 9.56. The number of benzene rings is 2. The Kier molecular flexibility index (Phi) is 4.72. The highest BCUT2D eigenvalue weighted by Gasteiger charge is 2.29. The van der Waals surface area contributed by atoms with Crippen LogP contribution in [0.5, 0.6) is 0 Å². The molecule has 6 heteroatoms. The van der Waals surface area contributed by atoms with E-state index in [4.69, 9.17) is 5.53 Å². The number of hydrogen-bond donors (Lipinski definition) is 0. The van der Waals surface area contributed by atoms with Gasteiger partial charge in [0.05, 0.1) is 12.1 Å². The highest BCUT2D eigenvalue weighted by molar-refractivity contribution is 5.47. The van der Waals surface area contributed by atoms with Crippen LogP contribution in [0.2, 0.25) is 0 Å². The van der Waals surface area contributed by atoms with Crippen molar-refractivity contribution in [3.63, 3.8) is 0 Å². The second-order valence-electron chi connectivity index (χ2n) is 4.37. The van der Waals surface area contributed by atoms with E-state index in [0.29, 0.717) is 11.1 Å². The van der Waals surface area contributed by atoms with Gasteiger partial charge in [-0.25, -0.2) is 0 Å². The van der Waals surface area contributed by atoms with Crippen LogP contribution in [0.15, 0.2) is 53.6 Å². The molecule has 2 rings (SSSR count). The van der Waals surface area contributed by atoms with Crippen molar-refractivity contribution in [2.45, 2.75) is 12.7 Å². The fourth-order valence-corrected chi connectivity index (χ4v) is 1.77. The lowest BCUT2D eigenvalue weighted by Gasteiger charge is -2.05. The van der Waals surface area contributed by atoms with Crippen LogP contribution in [0.25, 0.3) is 10.4 Å². The first-order valence-electron chi connectivity index (χ1n) is 6.29. The summed E-state index contributed by atoms with van der Waals surface area (Å²) in [6, 6.07) is 11.8. The van der Waals surface area contributed by atoms with Gasteiger partial charge in [-0.05, 0) is 41.4 Å². The molecule has 0 amide bonds. The van der Waals surface area contributed by atoms with Gasteiger partial charge in [0.15, 0.2) is 0 Å². The van der Waals surface area contributed by atoms with Gasteiger partial charge in [0.1, 0.15) is 0 Å². The molecule has 0 unspecified atom stereocenters. The van der Waals surface area contributed by atoms with Crippen molar-refractivity contribution in [3.8, 4) is 11.8 Å². The molecule has 0 fully saturated rings. The minimum Gasteiger partial charge on any atom is -0.166 e. The zero-order valence-electron chi connectivity index (χ0n) is 11.3. The Labute approximate surface area is 125 Å². The largest absolute Gasteiger partial charge is 0.416 e. The maximum absolute atomic E-state index is 12.5. The average Bonchev–Trinajstić information content (AvgIpc) is 2.51. The molecule has 3 nitrogen and oxygen atoms in total. The Morgan fingerprint density at radius 3 is 2.32 bits per heavy atom. The van der Waals surface area contributed by atoms with Crippen molar-refractivity contribution in [1.82, 2.24) is 0 Å². The first-order chi connectivity index (χ1) is 10.5. The normalized spacial score (nSPS) is 10.3. The van der Waals surface area contributed by atoms with Crippen molar-refractivity contribution in [2.24, 2.45) is 5.11 Å². The van der Waals surface area contributed by atoms with Gasteiger partial charge in [-0.3, -0.25) is 0 Å². The minimum atomic E-state index is -4.35. The van der Waals surface area contributed by atoms with E-state index in [0.717, 1.165) is 17.7 Å². The van der Waals surface area contributed by atoms with Gasteiger partial charge in [0.2, 0.25) is 0 Å². The number of azide groups is 1. The molecule has 0 spiro atoms. The highest BCUT2D eigenvalue weighted by Crippen LogP contribution is 2.28. The average molecular weight is 301 g/mol. The van der Waals surface area contributed by atoms with Crippen molar-refractivity contribution >= 4 is 0 Å². The highest BCUT2D eigenvalue weighted by atomic mass is 19.4. The van der Waals surface area contributed by atoms with E-state index in [9.17, 15) is 13.2 Å². The Bertz CT molecular complexity index is 762. The van der Waals surface area contributed by atoms with Crippen molar-refractivity contribution in [3.05, 3.63) is 81.2 Å². The first-order valence-corrected chi connectivity index (χ1v) is 6.29. The summed E-state index contributed by atoms with van der Waals surface area (Å²) in [4.78, 5) is 2.69. The summed E-state index contributed by atoms with van der Waals surface area (Å²) in [6.45, 7) is 0.175. The SMILES string of the molecule is [N-]=[N+]=NCc1ccccc1C#Cc1ccc(C(F)(F)F)cc1. The Morgan fingerprint density at radius 1 is 1.00 bits per heavy atom. The molecule has 0 saturated heterocycles. The molecule has 2 aromatic rings. The van der Waals surface area contributed by atoms with Gasteiger partial charge in [-0.1, -0.05) is 35.2 Å². The Morgan fingerprint density at radius 2 is 1.68 bits per heavy atom. The Balaban J connectivity index is 2.25. The van der Waals surface area contributed by atoms with Crippen LogP contribution in [0.1, 0.15) is 22.3 Å². The molecule has 0 aliphatic rings. The summed E-state index contributed by atoms with van der Waals surface area (Å²) in [6.07, 6.45) is -4.35. The second kappa shape index (κ2) is 6.70. The van der Waals surface area contributed by atoms with E-state index in [1.165, 1.54) is 12.1 Å². The standard InChI is InChI=1S/C16H10F3N3/c17-16(18,19)15-9-6-12(7-10-15)5-8-13-3-1-2-4-14(13)11-21-22-20/h1-4,6-7,9-10H,11H2. The van der Waals surface area contributed by atoms with Gasteiger partial charge in [-0.15, -0.1) is 0 Å². The maximum Gasteiger partial charge on any atom is 0.416 e. The van der Waals surface area contributed by atoms with E-state index in [1.807, 2.05) is 0 Å². The Hall–Kier alpha value is -2.90. The quantitative estimate of drug-likeness (QED) is 0.327. The lowest BCUT2D eigenvalue weighted by Crippen LogP contribution is -2.04. The molecule has 110 valence electrons. The van der Waals surface area contributed by atoms with Gasteiger partial charge in [0, 0.05) is 16.0 Å². The molecule has 0 bridgehead atoms. The van der Waals surface area contributed by atoms with Crippen molar-refractivity contribution in [1.29, 1.82) is 0 Å². The molecule has 0 saturated carbocycles. The van der Waals surface area contributed by atoms with E-state index in [2.05, 4.69) is 21.9 Å². The summed E-state index contributed by atoms with van der Waals surface area (Å²) in [7, 11) is 0. The molecule has 0 heterocycles. The third kappa shape index (κ3) is 4.05. The number of rotatable bonds is 2. The van der Waals surface area contributed by atoms with Gasteiger partial charge in [0.25, 0.3) is 0 Å². The van der Waals surface area contributed by atoms with Crippen molar-refractivity contribution < 1.29 is 13.2 Å².